The van der Waals surface area contributed by atoms with Gasteiger partial charge in [-0.3, -0.25) is 13.9 Å². The van der Waals surface area contributed by atoms with Crippen LogP contribution in [0.15, 0.2) is 42.5 Å². The molecule has 0 radical (unpaired) electrons. The summed E-state index contributed by atoms with van der Waals surface area (Å²) in [5, 5.41) is 3.03. The lowest BCUT2D eigenvalue weighted by atomic mass is 10.1. The van der Waals surface area contributed by atoms with Crippen molar-refractivity contribution in [2.24, 2.45) is 0 Å². The molecule has 2 rings (SSSR count). The van der Waals surface area contributed by atoms with Gasteiger partial charge in [0.15, 0.2) is 0 Å². The molecule has 0 bridgehead atoms. The number of benzene rings is 2. The number of likely N-dealkylation sites (N-methyl/N-ethyl adjacent to an activating group) is 1. The van der Waals surface area contributed by atoms with Gasteiger partial charge in [0.05, 0.1) is 11.9 Å². The summed E-state index contributed by atoms with van der Waals surface area (Å²) in [6, 6.07) is 10.1. The highest BCUT2D eigenvalue weighted by Crippen LogP contribution is 2.28. The fourth-order valence-corrected chi connectivity index (χ4v) is 4.91. The lowest BCUT2D eigenvalue weighted by Gasteiger charge is -2.31. The van der Waals surface area contributed by atoms with Gasteiger partial charge < -0.3 is 10.2 Å². The van der Waals surface area contributed by atoms with E-state index in [9.17, 15) is 22.4 Å². The minimum Gasteiger partial charge on any atom is -0.357 e. The lowest BCUT2D eigenvalue weighted by Crippen LogP contribution is -2.48. The zero-order valence-electron chi connectivity index (χ0n) is 19.8. The molecule has 7 nitrogen and oxygen atoms in total. The van der Waals surface area contributed by atoms with E-state index in [1.165, 1.54) is 28.4 Å². The van der Waals surface area contributed by atoms with Crippen molar-refractivity contribution in [3.8, 4) is 0 Å². The molecule has 0 saturated carbocycles. The molecule has 0 unspecified atom stereocenters. The average Bonchev–Trinajstić information content (AvgIpc) is 2.79. The molecule has 0 fully saturated rings. The Labute approximate surface area is 205 Å². The van der Waals surface area contributed by atoms with E-state index >= 15 is 0 Å². The summed E-state index contributed by atoms with van der Waals surface area (Å²) in [5.41, 5.74) is 1.77. The van der Waals surface area contributed by atoms with Crippen LogP contribution in [0, 0.1) is 12.7 Å². The number of carbonyl (C=O) groups is 2. The second-order valence-electron chi connectivity index (χ2n) is 8.01. The monoisotopic (exact) mass is 511 g/mol. The zero-order valence-corrected chi connectivity index (χ0v) is 21.4. The van der Waals surface area contributed by atoms with E-state index in [1.54, 1.807) is 44.2 Å². The van der Waals surface area contributed by atoms with E-state index in [0.717, 1.165) is 6.26 Å². The predicted molar refractivity (Wildman–Crippen MR) is 133 cm³/mol. The van der Waals surface area contributed by atoms with Gasteiger partial charge in [0, 0.05) is 31.6 Å². The van der Waals surface area contributed by atoms with Gasteiger partial charge in [-0.25, -0.2) is 12.8 Å². The van der Waals surface area contributed by atoms with Gasteiger partial charge in [-0.2, -0.15) is 0 Å². The Hall–Kier alpha value is -2.65. The van der Waals surface area contributed by atoms with Crippen molar-refractivity contribution in [2.75, 3.05) is 24.2 Å². The van der Waals surface area contributed by atoms with Crippen molar-refractivity contribution in [3.63, 3.8) is 0 Å². The van der Waals surface area contributed by atoms with Gasteiger partial charge in [-0.05, 0) is 55.2 Å². The molecule has 0 saturated heterocycles. The molecule has 0 aliphatic rings. The van der Waals surface area contributed by atoms with E-state index in [4.69, 9.17) is 11.6 Å². The largest absolute Gasteiger partial charge is 0.357 e. The summed E-state index contributed by atoms with van der Waals surface area (Å²) in [4.78, 5) is 27.1. The van der Waals surface area contributed by atoms with E-state index < -0.39 is 21.9 Å². The first-order valence-corrected chi connectivity index (χ1v) is 13.2. The van der Waals surface area contributed by atoms with Gasteiger partial charge in [-0.1, -0.05) is 36.7 Å². The quantitative estimate of drug-likeness (QED) is 0.496. The molecule has 2 aromatic rings. The number of hydrogen-bond donors (Lipinski definition) is 1. The number of sulfonamides is 1. The topological polar surface area (TPSA) is 86.8 Å². The van der Waals surface area contributed by atoms with Gasteiger partial charge >= 0.3 is 0 Å². The first-order chi connectivity index (χ1) is 16.0. The first kappa shape index (κ1) is 27.6. The number of nitrogens with zero attached hydrogens (tertiary/aromatic N) is 2. The molecule has 0 aliphatic heterocycles. The van der Waals surface area contributed by atoms with E-state index in [-0.39, 0.29) is 37.7 Å². The van der Waals surface area contributed by atoms with E-state index in [2.05, 4.69) is 5.32 Å². The van der Waals surface area contributed by atoms with Crippen molar-refractivity contribution in [1.82, 2.24) is 10.2 Å². The summed E-state index contributed by atoms with van der Waals surface area (Å²) in [6.45, 7) is 3.75. The van der Waals surface area contributed by atoms with Crippen LogP contribution in [0.1, 0.15) is 37.3 Å². The molecule has 2 amide bonds. The molecular weight excluding hydrogens is 481 g/mol. The molecule has 0 heterocycles. The predicted octanol–water partition coefficient (Wildman–Crippen LogP) is 3.89. The highest BCUT2D eigenvalue weighted by Gasteiger charge is 2.28. The van der Waals surface area contributed by atoms with Crippen LogP contribution >= 0.6 is 11.6 Å². The van der Waals surface area contributed by atoms with Crippen LogP contribution in [-0.4, -0.2) is 51.0 Å². The lowest BCUT2D eigenvalue weighted by molar-refractivity contribution is -0.141. The van der Waals surface area contributed by atoms with E-state index in [1.807, 2.05) is 0 Å². The molecule has 0 aromatic heterocycles. The Bertz CT molecular complexity index is 1110. The number of carbonyl (C=O) groups excluding carboxylic acids is 2. The van der Waals surface area contributed by atoms with Crippen LogP contribution < -0.4 is 9.62 Å². The molecule has 186 valence electrons. The fourth-order valence-electron chi connectivity index (χ4n) is 3.72. The highest BCUT2D eigenvalue weighted by molar-refractivity contribution is 7.92. The summed E-state index contributed by atoms with van der Waals surface area (Å²) in [7, 11) is -2.11. The molecule has 34 heavy (non-hydrogen) atoms. The van der Waals surface area contributed by atoms with Crippen LogP contribution in [0.5, 0.6) is 0 Å². The number of anilines is 1. The van der Waals surface area contributed by atoms with Crippen LogP contribution in [-0.2, 0) is 26.2 Å². The Morgan fingerprint density at radius 2 is 1.79 bits per heavy atom. The summed E-state index contributed by atoms with van der Waals surface area (Å²) in [5.74, 6) is -0.988. The first-order valence-electron chi connectivity index (χ1n) is 11.0. The Morgan fingerprint density at radius 3 is 2.35 bits per heavy atom. The Morgan fingerprint density at radius 1 is 1.15 bits per heavy atom. The normalized spacial score (nSPS) is 12.2. The Kier molecular flexibility index (Phi) is 9.88. The van der Waals surface area contributed by atoms with Gasteiger partial charge in [0.25, 0.3) is 0 Å². The minimum absolute atomic E-state index is 0.0281. The van der Waals surface area contributed by atoms with Gasteiger partial charge in [0.2, 0.25) is 21.8 Å². The number of amides is 2. The number of hydrogen-bond acceptors (Lipinski definition) is 4. The zero-order chi connectivity index (χ0) is 25.5. The average molecular weight is 512 g/mol. The third-order valence-electron chi connectivity index (χ3n) is 5.56. The van der Waals surface area contributed by atoms with Crippen LogP contribution in [0.3, 0.4) is 0 Å². The van der Waals surface area contributed by atoms with E-state index in [0.29, 0.717) is 28.3 Å². The maximum absolute atomic E-state index is 13.3. The van der Waals surface area contributed by atoms with Gasteiger partial charge in [0.1, 0.15) is 11.9 Å². The van der Waals surface area contributed by atoms with Gasteiger partial charge in [-0.15, -0.1) is 0 Å². The molecule has 0 aliphatic carbocycles. The van der Waals surface area contributed by atoms with Crippen LogP contribution in [0.4, 0.5) is 10.1 Å². The van der Waals surface area contributed by atoms with Crippen molar-refractivity contribution < 1.29 is 22.4 Å². The second-order valence-corrected chi connectivity index (χ2v) is 10.3. The molecule has 1 atom stereocenters. The van der Waals surface area contributed by atoms with Crippen molar-refractivity contribution in [2.45, 2.75) is 45.7 Å². The fraction of sp³-hybridized carbons (Fsp3) is 0.417. The van der Waals surface area contributed by atoms with Crippen molar-refractivity contribution in [3.05, 3.63) is 64.4 Å². The standard InChI is InChI=1S/C24H31ClFN3O4S/c1-5-21(24(31)27-3)28(16-18-11-13-19(26)14-12-18)23(30)10-7-15-29(34(4,32)33)22-9-6-8-20(25)17(22)2/h6,8-9,11-14,21H,5,7,10,15-16H2,1-4H3,(H,27,31)/t21-/m1/s1. The molecule has 10 heteroatoms. The maximum atomic E-state index is 13.3. The number of halogens is 2. The second kappa shape index (κ2) is 12.2. The maximum Gasteiger partial charge on any atom is 0.242 e. The number of rotatable bonds is 11. The highest BCUT2D eigenvalue weighted by atomic mass is 35.5. The molecule has 1 N–H and O–H groups in total. The SMILES string of the molecule is CC[C@H](C(=O)NC)N(Cc1ccc(F)cc1)C(=O)CCCN(c1cccc(Cl)c1C)S(C)(=O)=O. The summed E-state index contributed by atoms with van der Waals surface area (Å²) >= 11 is 6.17. The number of nitrogens with one attached hydrogen (secondary N) is 1. The molecule has 0 spiro atoms. The third-order valence-corrected chi connectivity index (χ3v) is 7.15. The Balaban J connectivity index is 2.21. The smallest absolute Gasteiger partial charge is 0.242 e. The van der Waals surface area contributed by atoms with Crippen molar-refractivity contribution in [1.29, 1.82) is 0 Å². The van der Waals surface area contributed by atoms with Crippen LogP contribution in [0.2, 0.25) is 5.02 Å². The summed E-state index contributed by atoms with van der Waals surface area (Å²) < 4.78 is 39.5. The molecular formula is C24H31ClFN3O4S. The van der Waals surface area contributed by atoms with Crippen LogP contribution in [0.25, 0.3) is 0 Å². The minimum atomic E-state index is -3.62. The molecule has 2 aromatic carbocycles. The summed E-state index contributed by atoms with van der Waals surface area (Å²) in [6.07, 6.45) is 1.76. The van der Waals surface area contributed by atoms with Crippen molar-refractivity contribution >= 4 is 39.1 Å². The third kappa shape index (κ3) is 7.17.